The van der Waals surface area contributed by atoms with Gasteiger partial charge in [0.2, 0.25) is 5.91 Å². The number of ether oxygens (including phenoxy) is 2. The molecule has 1 atom stereocenters. The summed E-state index contributed by atoms with van der Waals surface area (Å²) in [6.07, 6.45) is 4.57. The van der Waals surface area contributed by atoms with Gasteiger partial charge in [-0.1, -0.05) is 34.1 Å². The third kappa shape index (κ3) is 7.90. The van der Waals surface area contributed by atoms with E-state index >= 15 is 0 Å². The molecule has 4 aliphatic rings. The largest absolute Gasteiger partial charge is 0.478 e. The molecule has 0 unspecified atom stereocenters. The number of nitrogens with zero attached hydrogens (tertiary/aromatic N) is 4. The van der Waals surface area contributed by atoms with Gasteiger partial charge in [-0.3, -0.25) is 9.59 Å². The normalized spacial score (nSPS) is 21.0. The maximum atomic E-state index is 13.9. The highest BCUT2D eigenvalue weighted by Gasteiger charge is 2.52. The van der Waals surface area contributed by atoms with Crippen LogP contribution in [0.25, 0.3) is 0 Å². The standard InChI is InChI=1S/C37H49BrN4O5/c1-35(2,3)47-34(45)41-24-37(25-41)17-19-40(23-37)33(44)36(4,5)46-31-10-6-9-30(20-31)39-18-7-8-27(22-39)32(43)42(29-15-16-29)21-26-11-13-28(38)14-12-26/h6,9-14,20,27,29H,7-8,15-19,21-25H2,1-5H3/t27-/m1/s1. The molecule has 0 N–H and O–H groups in total. The van der Waals surface area contributed by atoms with Gasteiger partial charge in [0.25, 0.3) is 5.91 Å². The molecule has 3 amide bonds. The minimum Gasteiger partial charge on any atom is -0.478 e. The number of halogens is 1. The minimum absolute atomic E-state index is 0.0509. The fourth-order valence-electron chi connectivity index (χ4n) is 7.26. The molecule has 9 nitrogen and oxygen atoms in total. The van der Waals surface area contributed by atoms with E-state index in [2.05, 4.69) is 43.9 Å². The van der Waals surface area contributed by atoms with Crippen LogP contribution in [0.5, 0.6) is 5.75 Å². The summed E-state index contributed by atoms with van der Waals surface area (Å²) in [6, 6.07) is 16.5. The van der Waals surface area contributed by atoms with Gasteiger partial charge in [-0.25, -0.2) is 4.79 Å². The Morgan fingerprint density at radius 3 is 2.32 bits per heavy atom. The number of benzene rings is 2. The van der Waals surface area contributed by atoms with Crippen LogP contribution in [-0.4, -0.2) is 89.1 Å². The number of hydrogen-bond donors (Lipinski definition) is 0. The molecule has 1 aliphatic carbocycles. The fourth-order valence-corrected chi connectivity index (χ4v) is 7.52. The second-order valence-corrected chi connectivity index (χ2v) is 16.4. The average Bonchev–Trinajstić information content (AvgIpc) is 3.75. The molecule has 2 aromatic carbocycles. The Balaban J connectivity index is 1.05. The molecule has 47 heavy (non-hydrogen) atoms. The zero-order chi connectivity index (χ0) is 33.6. The molecule has 1 spiro atoms. The van der Waals surface area contributed by atoms with E-state index in [0.29, 0.717) is 51.1 Å². The quantitative estimate of drug-likeness (QED) is 0.312. The number of likely N-dealkylation sites (tertiary alicyclic amines) is 2. The number of carbonyl (C=O) groups is 3. The van der Waals surface area contributed by atoms with Crippen LogP contribution in [0.15, 0.2) is 53.0 Å². The van der Waals surface area contributed by atoms with E-state index in [1.54, 1.807) is 4.90 Å². The monoisotopic (exact) mass is 708 g/mol. The molecule has 2 aromatic rings. The van der Waals surface area contributed by atoms with Crippen molar-refractivity contribution in [2.45, 2.75) is 90.5 Å². The van der Waals surface area contributed by atoms with E-state index in [4.69, 9.17) is 9.47 Å². The fraction of sp³-hybridized carbons (Fsp3) is 0.595. The first kappa shape index (κ1) is 33.6. The summed E-state index contributed by atoms with van der Waals surface area (Å²) >= 11 is 3.51. The molecule has 3 heterocycles. The van der Waals surface area contributed by atoms with Crippen molar-refractivity contribution in [1.29, 1.82) is 0 Å². The first-order valence-corrected chi connectivity index (χ1v) is 17.9. The highest BCUT2D eigenvalue weighted by molar-refractivity contribution is 9.10. The van der Waals surface area contributed by atoms with Gasteiger partial charge in [-0.05, 0) is 96.6 Å². The van der Waals surface area contributed by atoms with Gasteiger partial charge in [0.05, 0.1) is 5.92 Å². The van der Waals surface area contributed by atoms with Crippen molar-refractivity contribution >= 4 is 39.5 Å². The first-order chi connectivity index (χ1) is 22.2. The smallest absolute Gasteiger partial charge is 0.410 e. The summed E-state index contributed by atoms with van der Waals surface area (Å²) < 4.78 is 12.9. The maximum Gasteiger partial charge on any atom is 0.410 e. The van der Waals surface area contributed by atoms with Crippen LogP contribution < -0.4 is 9.64 Å². The second kappa shape index (κ2) is 13.0. The van der Waals surface area contributed by atoms with Gasteiger partial charge >= 0.3 is 6.09 Å². The molecule has 0 aromatic heterocycles. The first-order valence-electron chi connectivity index (χ1n) is 17.1. The SMILES string of the molecule is CC(C)(C)OC(=O)N1CC2(CCN(C(=O)C(C)(C)Oc3cccc(N4CCC[C@@H](C(=O)N(Cc5ccc(Br)cc5)C5CC5)C4)c3)C2)C1. The van der Waals surface area contributed by atoms with Gasteiger partial charge < -0.3 is 29.1 Å². The van der Waals surface area contributed by atoms with Crippen molar-refractivity contribution in [2.75, 3.05) is 44.2 Å². The van der Waals surface area contributed by atoms with Crippen LogP contribution in [0.4, 0.5) is 10.5 Å². The summed E-state index contributed by atoms with van der Waals surface area (Å²) in [5.74, 6) is 0.786. The van der Waals surface area contributed by atoms with Gasteiger partial charge in [0.1, 0.15) is 11.4 Å². The van der Waals surface area contributed by atoms with E-state index in [1.807, 2.05) is 69.9 Å². The molecule has 1 saturated carbocycles. The summed E-state index contributed by atoms with van der Waals surface area (Å²) in [7, 11) is 0. The molecule has 0 radical (unpaired) electrons. The lowest BCUT2D eigenvalue weighted by molar-refractivity contribution is -0.145. The minimum atomic E-state index is -1.06. The van der Waals surface area contributed by atoms with E-state index in [0.717, 1.165) is 54.4 Å². The Morgan fingerprint density at radius 1 is 0.936 bits per heavy atom. The van der Waals surface area contributed by atoms with Gasteiger partial charge in [0, 0.05) is 73.5 Å². The molecule has 3 aliphatic heterocycles. The van der Waals surface area contributed by atoms with Gasteiger partial charge in [-0.15, -0.1) is 0 Å². The molecule has 0 bridgehead atoms. The Kier molecular flexibility index (Phi) is 9.28. The third-order valence-electron chi connectivity index (χ3n) is 9.81. The number of hydrogen-bond acceptors (Lipinski definition) is 6. The highest BCUT2D eigenvalue weighted by atomic mass is 79.9. The predicted octanol–water partition coefficient (Wildman–Crippen LogP) is 6.48. The Bertz CT molecular complexity index is 1480. The van der Waals surface area contributed by atoms with Gasteiger partial charge in [-0.2, -0.15) is 0 Å². The molecular formula is C37H49BrN4O5. The average molecular weight is 710 g/mol. The Morgan fingerprint density at radius 2 is 1.64 bits per heavy atom. The van der Waals surface area contributed by atoms with Crippen LogP contribution in [0.1, 0.15) is 72.3 Å². The lowest BCUT2D eigenvalue weighted by Gasteiger charge is -2.47. The summed E-state index contributed by atoms with van der Waals surface area (Å²) in [5, 5.41) is 0. The molecule has 4 fully saturated rings. The lowest BCUT2D eigenvalue weighted by Crippen LogP contribution is -2.61. The number of piperidine rings is 1. The molecule has 3 saturated heterocycles. The number of anilines is 1. The number of rotatable bonds is 8. The summed E-state index contributed by atoms with van der Waals surface area (Å²) in [4.78, 5) is 48.1. The van der Waals surface area contributed by atoms with Crippen molar-refractivity contribution in [2.24, 2.45) is 11.3 Å². The second-order valence-electron chi connectivity index (χ2n) is 15.5. The van der Waals surface area contributed by atoms with E-state index in [-0.39, 0.29) is 29.2 Å². The van der Waals surface area contributed by atoms with Crippen LogP contribution in [-0.2, 0) is 20.9 Å². The van der Waals surface area contributed by atoms with Gasteiger partial charge in [0.15, 0.2) is 5.60 Å². The lowest BCUT2D eigenvalue weighted by atomic mass is 9.79. The zero-order valence-electron chi connectivity index (χ0n) is 28.5. The molecule has 6 rings (SSSR count). The maximum absolute atomic E-state index is 13.9. The predicted molar refractivity (Wildman–Crippen MR) is 185 cm³/mol. The van der Waals surface area contributed by atoms with Crippen LogP contribution in [0.3, 0.4) is 0 Å². The zero-order valence-corrected chi connectivity index (χ0v) is 30.1. The van der Waals surface area contributed by atoms with E-state index in [9.17, 15) is 14.4 Å². The van der Waals surface area contributed by atoms with Crippen LogP contribution in [0.2, 0.25) is 0 Å². The highest BCUT2D eigenvalue weighted by Crippen LogP contribution is 2.41. The third-order valence-corrected chi connectivity index (χ3v) is 10.3. The van der Waals surface area contributed by atoms with Crippen molar-refractivity contribution in [1.82, 2.24) is 14.7 Å². The van der Waals surface area contributed by atoms with Crippen molar-refractivity contribution in [3.8, 4) is 5.75 Å². The Hall–Kier alpha value is -3.27. The number of carbonyl (C=O) groups excluding carboxylic acids is 3. The molecule has 254 valence electrons. The van der Waals surface area contributed by atoms with Crippen molar-refractivity contribution < 1.29 is 23.9 Å². The van der Waals surface area contributed by atoms with Crippen molar-refractivity contribution in [3.63, 3.8) is 0 Å². The van der Waals surface area contributed by atoms with Crippen molar-refractivity contribution in [3.05, 3.63) is 58.6 Å². The Labute approximate surface area is 287 Å². The van der Waals surface area contributed by atoms with Crippen LogP contribution >= 0.6 is 15.9 Å². The summed E-state index contributed by atoms with van der Waals surface area (Å²) in [5.41, 5.74) is 0.504. The van der Waals surface area contributed by atoms with E-state index in [1.165, 1.54) is 0 Å². The number of amides is 3. The molecule has 10 heteroatoms. The van der Waals surface area contributed by atoms with Crippen LogP contribution in [0, 0.1) is 11.3 Å². The summed E-state index contributed by atoms with van der Waals surface area (Å²) in [6.45, 7) is 13.9. The topological polar surface area (TPSA) is 82.6 Å². The van der Waals surface area contributed by atoms with E-state index < -0.39 is 11.2 Å². The molecular weight excluding hydrogens is 660 g/mol.